The van der Waals surface area contributed by atoms with Crippen molar-refractivity contribution in [1.82, 2.24) is 5.32 Å². The Morgan fingerprint density at radius 3 is 2.44 bits per heavy atom. The Kier molecular flexibility index (Phi) is 5.65. The normalized spacial score (nSPS) is 12.0. The van der Waals surface area contributed by atoms with Crippen molar-refractivity contribution in [2.45, 2.75) is 25.9 Å². The molecule has 0 spiro atoms. The van der Waals surface area contributed by atoms with Crippen LogP contribution in [0.15, 0.2) is 24.3 Å². The molecule has 0 aliphatic carbocycles. The third kappa shape index (κ3) is 4.37. The molecule has 0 aliphatic heterocycles. The molecular weight excluding hydrogens is 228 g/mol. The van der Waals surface area contributed by atoms with Crippen molar-refractivity contribution in [3.05, 3.63) is 29.8 Å². The highest BCUT2D eigenvalue weighted by atomic mass is 16.3. The summed E-state index contributed by atoms with van der Waals surface area (Å²) in [5.41, 5.74) is 1.90. The first kappa shape index (κ1) is 14.5. The number of amides is 1. The first-order valence-electron chi connectivity index (χ1n) is 6.26. The average Bonchev–Trinajstić information content (AvgIpc) is 2.36. The number of rotatable bonds is 6. The number of aliphatic hydroxyl groups is 1. The van der Waals surface area contributed by atoms with Gasteiger partial charge in [0.2, 0.25) is 5.91 Å². The van der Waals surface area contributed by atoms with E-state index in [1.165, 1.54) is 0 Å². The van der Waals surface area contributed by atoms with Crippen LogP contribution in [0.1, 0.15) is 31.4 Å². The van der Waals surface area contributed by atoms with Crippen LogP contribution in [0.5, 0.6) is 0 Å². The van der Waals surface area contributed by atoms with Gasteiger partial charge in [0.05, 0.1) is 6.10 Å². The van der Waals surface area contributed by atoms with Gasteiger partial charge >= 0.3 is 0 Å². The van der Waals surface area contributed by atoms with E-state index in [9.17, 15) is 9.90 Å². The summed E-state index contributed by atoms with van der Waals surface area (Å²) in [5.74, 6) is -0.0125. The van der Waals surface area contributed by atoms with Gasteiger partial charge in [0.25, 0.3) is 0 Å². The fourth-order valence-electron chi connectivity index (χ4n) is 1.64. The van der Waals surface area contributed by atoms with Gasteiger partial charge in [-0.05, 0) is 24.1 Å². The Labute approximate surface area is 109 Å². The number of carbonyl (C=O) groups excluding carboxylic acids is 1. The fourth-order valence-corrected chi connectivity index (χ4v) is 1.64. The lowest BCUT2D eigenvalue weighted by molar-refractivity contribution is -0.121. The first-order chi connectivity index (χ1) is 8.54. The standard InChI is InChI=1S/C14H22N2O2/c1-4-5-14(18)15-10-13(17)11-6-8-12(9-7-11)16(2)3/h6-9,13,17H,4-5,10H2,1-3H3,(H,15,18). The lowest BCUT2D eigenvalue weighted by Crippen LogP contribution is -2.27. The molecule has 2 N–H and O–H groups in total. The van der Waals surface area contributed by atoms with Crippen LogP contribution >= 0.6 is 0 Å². The maximum Gasteiger partial charge on any atom is 0.220 e. The molecule has 0 aliphatic rings. The molecule has 1 aromatic carbocycles. The molecule has 1 unspecified atom stereocenters. The predicted octanol–water partition coefficient (Wildman–Crippen LogP) is 1.70. The Morgan fingerprint density at radius 1 is 1.33 bits per heavy atom. The third-order valence-electron chi connectivity index (χ3n) is 2.76. The molecule has 1 amide bonds. The Hall–Kier alpha value is -1.55. The quantitative estimate of drug-likeness (QED) is 0.808. The Balaban J connectivity index is 2.51. The van der Waals surface area contributed by atoms with Gasteiger partial charge in [-0.25, -0.2) is 0 Å². The molecule has 100 valence electrons. The van der Waals surface area contributed by atoms with Crippen molar-refractivity contribution in [2.75, 3.05) is 25.5 Å². The molecule has 4 heteroatoms. The highest BCUT2D eigenvalue weighted by molar-refractivity contribution is 5.75. The van der Waals surface area contributed by atoms with Crippen LogP contribution in [0.4, 0.5) is 5.69 Å². The van der Waals surface area contributed by atoms with Crippen molar-refractivity contribution in [1.29, 1.82) is 0 Å². The number of hydrogen-bond acceptors (Lipinski definition) is 3. The molecule has 0 saturated carbocycles. The van der Waals surface area contributed by atoms with E-state index in [4.69, 9.17) is 0 Å². The SMILES string of the molecule is CCCC(=O)NCC(O)c1ccc(N(C)C)cc1. The molecule has 0 saturated heterocycles. The average molecular weight is 250 g/mol. The molecule has 1 atom stereocenters. The van der Waals surface area contributed by atoms with E-state index in [2.05, 4.69) is 5.32 Å². The molecule has 0 heterocycles. The molecule has 4 nitrogen and oxygen atoms in total. The fraction of sp³-hybridized carbons (Fsp3) is 0.500. The third-order valence-corrected chi connectivity index (χ3v) is 2.76. The lowest BCUT2D eigenvalue weighted by atomic mass is 10.1. The second-order valence-corrected chi connectivity index (χ2v) is 4.56. The van der Waals surface area contributed by atoms with Crippen molar-refractivity contribution >= 4 is 11.6 Å². The minimum absolute atomic E-state index is 0.0125. The van der Waals surface area contributed by atoms with Crippen molar-refractivity contribution in [2.24, 2.45) is 0 Å². The van der Waals surface area contributed by atoms with Crippen molar-refractivity contribution < 1.29 is 9.90 Å². The van der Waals surface area contributed by atoms with Crippen molar-refractivity contribution in [3.63, 3.8) is 0 Å². The molecule has 0 fully saturated rings. The molecule has 1 rings (SSSR count). The summed E-state index contributed by atoms with van der Waals surface area (Å²) in [7, 11) is 3.94. The summed E-state index contributed by atoms with van der Waals surface area (Å²) >= 11 is 0. The number of aliphatic hydroxyl groups excluding tert-OH is 1. The highest BCUT2D eigenvalue weighted by Crippen LogP contribution is 2.17. The van der Waals surface area contributed by atoms with Gasteiger partial charge < -0.3 is 15.3 Å². The smallest absolute Gasteiger partial charge is 0.220 e. The van der Waals surface area contributed by atoms with Gasteiger partial charge in [-0.1, -0.05) is 19.1 Å². The van der Waals surface area contributed by atoms with Gasteiger partial charge in [0.15, 0.2) is 0 Å². The zero-order valence-corrected chi connectivity index (χ0v) is 11.3. The minimum Gasteiger partial charge on any atom is -0.387 e. The van der Waals surface area contributed by atoms with Gasteiger partial charge in [-0.2, -0.15) is 0 Å². The molecule has 18 heavy (non-hydrogen) atoms. The maximum atomic E-state index is 11.3. The van der Waals surface area contributed by atoms with Crippen LogP contribution in [-0.4, -0.2) is 31.7 Å². The summed E-state index contributed by atoms with van der Waals surface area (Å²) in [6.45, 7) is 2.22. The molecule has 0 aromatic heterocycles. The Bertz CT molecular complexity index is 374. The van der Waals surface area contributed by atoms with Crippen LogP contribution in [0.2, 0.25) is 0 Å². The van der Waals surface area contributed by atoms with Crippen LogP contribution < -0.4 is 10.2 Å². The minimum atomic E-state index is -0.651. The van der Waals surface area contributed by atoms with E-state index < -0.39 is 6.10 Å². The Morgan fingerprint density at radius 2 is 1.94 bits per heavy atom. The van der Waals surface area contributed by atoms with Crippen molar-refractivity contribution in [3.8, 4) is 0 Å². The summed E-state index contributed by atoms with van der Waals surface area (Å²) in [4.78, 5) is 13.3. The number of nitrogens with zero attached hydrogens (tertiary/aromatic N) is 1. The number of hydrogen-bond donors (Lipinski definition) is 2. The maximum absolute atomic E-state index is 11.3. The van der Waals surface area contributed by atoms with Crippen LogP contribution in [-0.2, 0) is 4.79 Å². The summed E-state index contributed by atoms with van der Waals surface area (Å²) in [5, 5.41) is 12.7. The second-order valence-electron chi connectivity index (χ2n) is 4.56. The number of anilines is 1. The van der Waals surface area contributed by atoms with Crippen LogP contribution in [0.3, 0.4) is 0 Å². The zero-order valence-electron chi connectivity index (χ0n) is 11.3. The number of nitrogens with one attached hydrogen (secondary N) is 1. The lowest BCUT2D eigenvalue weighted by Gasteiger charge is -2.15. The van der Waals surface area contributed by atoms with Crippen LogP contribution in [0.25, 0.3) is 0 Å². The van der Waals surface area contributed by atoms with E-state index in [-0.39, 0.29) is 12.5 Å². The van der Waals surface area contributed by atoms with E-state index in [1.807, 2.05) is 50.2 Å². The topological polar surface area (TPSA) is 52.6 Å². The van der Waals surface area contributed by atoms with Gasteiger partial charge in [0.1, 0.15) is 0 Å². The van der Waals surface area contributed by atoms with Gasteiger partial charge in [-0.15, -0.1) is 0 Å². The molecule has 0 radical (unpaired) electrons. The van der Waals surface area contributed by atoms with Gasteiger partial charge in [0, 0.05) is 32.7 Å². The van der Waals surface area contributed by atoms with Gasteiger partial charge in [-0.3, -0.25) is 4.79 Å². The highest BCUT2D eigenvalue weighted by Gasteiger charge is 2.09. The summed E-state index contributed by atoms with van der Waals surface area (Å²) < 4.78 is 0. The predicted molar refractivity (Wildman–Crippen MR) is 73.6 cm³/mol. The second kappa shape index (κ2) is 7.01. The largest absolute Gasteiger partial charge is 0.387 e. The van der Waals surface area contributed by atoms with E-state index in [0.717, 1.165) is 17.7 Å². The first-order valence-corrected chi connectivity index (χ1v) is 6.26. The molecule has 1 aromatic rings. The molecular formula is C14H22N2O2. The monoisotopic (exact) mass is 250 g/mol. The zero-order chi connectivity index (χ0) is 13.5. The van der Waals surface area contributed by atoms with Crippen LogP contribution in [0, 0.1) is 0 Å². The van der Waals surface area contributed by atoms with E-state index in [1.54, 1.807) is 0 Å². The summed E-state index contributed by atoms with van der Waals surface area (Å²) in [6.07, 6.45) is 0.674. The molecule has 0 bridgehead atoms. The number of benzene rings is 1. The van der Waals surface area contributed by atoms with E-state index in [0.29, 0.717) is 6.42 Å². The number of carbonyl (C=O) groups is 1. The van der Waals surface area contributed by atoms with E-state index >= 15 is 0 Å². The summed E-state index contributed by atoms with van der Waals surface area (Å²) in [6, 6.07) is 7.66.